The number of methoxy groups -OCH3 is 1. The van der Waals surface area contributed by atoms with E-state index in [1.54, 1.807) is 46.8 Å². The van der Waals surface area contributed by atoms with E-state index >= 15 is 0 Å². The maximum absolute atomic E-state index is 12.8. The molecule has 0 aliphatic heterocycles. The molecule has 0 spiro atoms. The molecule has 0 aliphatic rings. The maximum Gasteiger partial charge on any atom is 0.325 e. The molecule has 0 amide bonds. The number of likely N-dealkylation sites (N-methyl/N-ethyl adjacent to an activating group) is 1. The van der Waals surface area contributed by atoms with E-state index in [2.05, 4.69) is 0 Å². The number of carbonyl (C=O) groups excluding carboxylic acids is 1. The number of ether oxygens (including phenoxy) is 2. The number of esters is 1. The number of hydrogen-bond acceptors (Lipinski definition) is 5. The van der Waals surface area contributed by atoms with Gasteiger partial charge in [0.05, 0.1) is 12.0 Å². The minimum absolute atomic E-state index is 0.0972. The normalized spacial score (nSPS) is 13.9. The zero-order valence-corrected chi connectivity index (χ0v) is 16.2. The van der Waals surface area contributed by atoms with E-state index in [1.165, 1.54) is 26.3 Å². The molecule has 1 unspecified atom stereocenters. The number of rotatable bonds is 6. The summed E-state index contributed by atoms with van der Waals surface area (Å²) in [6, 6.07) is 5.14. The van der Waals surface area contributed by atoms with Crippen LogP contribution >= 0.6 is 0 Å². The smallest absolute Gasteiger partial charge is 0.325 e. The molecule has 0 aromatic heterocycles. The summed E-state index contributed by atoms with van der Waals surface area (Å²) in [5.41, 5.74) is -0.686. The van der Waals surface area contributed by atoms with Crippen molar-refractivity contribution in [3.63, 3.8) is 0 Å². The second-order valence-electron chi connectivity index (χ2n) is 6.92. The van der Waals surface area contributed by atoms with Crippen molar-refractivity contribution in [3.05, 3.63) is 24.3 Å². The largest absolute Gasteiger partial charge is 0.497 e. The molecule has 0 fully saturated rings. The van der Waals surface area contributed by atoms with Gasteiger partial charge in [-0.1, -0.05) is 13.8 Å². The Morgan fingerprint density at radius 1 is 1.12 bits per heavy atom. The Bertz CT molecular complexity index is 659. The summed E-state index contributed by atoms with van der Waals surface area (Å²) in [7, 11) is -0.928. The van der Waals surface area contributed by atoms with Crippen LogP contribution in [-0.4, -0.2) is 44.5 Å². The van der Waals surface area contributed by atoms with Crippen molar-refractivity contribution >= 4 is 16.0 Å². The van der Waals surface area contributed by atoms with Crippen LogP contribution in [0.25, 0.3) is 0 Å². The lowest BCUT2D eigenvalue weighted by atomic mass is 10.0. The molecule has 7 heteroatoms. The van der Waals surface area contributed by atoms with Gasteiger partial charge in [-0.15, -0.1) is 0 Å². The Labute approximate surface area is 144 Å². The first-order valence-corrected chi connectivity index (χ1v) is 9.19. The molecule has 0 N–H and O–H groups in total. The van der Waals surface area contributed by atoms with Crippen LogP contribution in [0.2, 0.25) is 0 Å². The van der Waals surface area contributed by atoms with Crippen molar-refractivity contribution in [2.75, 3.05) is 14.2 Å². The highest BCUT2D eigenvalue weighted by Crippen LogP contribution is 2.24. The third-order valence-corrected chi connectivity index (χ3v) is 5.26. The quantitative estimate of drug-likeness (QED) is 0.732. The van der Waals surface area contributed by atoms with E-state index in [-0.39, 0.29) is 10.8 Å². The van der Waals surface area contributed by atoms with Gasteiger partial charge in [-0.3, -0.25) is 4.79 Å². The topological polar surface area (TPSA) is 72.9 Å². The van der Waals surface area contributed by atoms with E-state index in [4.69, 9.17) is 9.47 Å². The predicted molar refractivity (Wildman–Crippen MR) is 92.4 cm³/mol. The molecule has 24 heavy (non-hydrogen) atoms. The number of hydrogen-bond donors (Lipinski definition) is 0. The molecule has 136 valence electrons. The summed E-state index contributed by atoms with van der Waals surface area (Å²) in [6.07, 6.45) is 0. The highest BCUT2D eigenvalue weighted by Gasteiger charge is 2.37. The average molecular weight is 357 g/mol. The molecule has 0 saturated carbocycles. The van der Waals surface area contributed by atoms with Crippen LogP contribution in [0.3, 0.4) is 0 Å². The van der Waals surface area contributed by atoms with E-state index < -0.39 is 27.6 Å². The lowest BCUT2D eigenvalue weighted by Gasteiger charge is -2.31. The van der Waals surface area contributed by atoms with Gasteiger partial charge in [0.25, 0.3) is 0 Å². The molecule has 0 heterocycles. The van der Waals surface area contributed by atoms with Gasteiger partial charge in [-0.05, 0) is 51.0 Å². The fraction of sp³-hybridized carbons (Fsp3) is 0.588. The molecular formula is C17H27NO5S. The van der Waals surface area contributed by atoms with Crippen LogP contribution in [0.5, 0.6) is 5.75 Å². The van der Waals surface area contributed by atoms with Crippen molar-refractivity contribution in [3.8, 4) is 5.75 Å². The van der Waals surface area contributed by atoms with Crippen molar-refractivity contribution < 1.29 is 22.7 Å². The summed E-state index contributed by atoms with van der Waals surface area (Å²) >= 11 is 0. The second kappa shape index (κ2) is 7.53. The van der Waals surface area contributed by atoms with Crippen molar-refractivity contribution in [2.24, 2.45) is 5.92 Å². The van der Waals surface area contributed by atoms with Crippen LogP contribution in [0.1, 0.15) is 34.6 Å². The number of sulfonamides is 1. The average Bonchev–Trinajstić information content (AvgIpc) is 2.45. The van der Waals surface area contributed by atoms with Crippen molar-refractivity contribution in [1.82, 2.24) is 4.31 Å². The summed E-state index contributed by atoms with van der Waals surface area (Å²) in [4.78, 5) is 12.6. The molecule has 0 radical (unpaired) electrons. The van der Waals surface area contributed by atoms with Crippen LogP contribution < -0.4 is 4.74 Å². The molecule has 6 nitrogen and oxygen atoms in total. The molecule has 0 bridgehead atoms. The molecule has 1 aromatic rings. The van der Waals surface area contributed by atoms with Gasteiger partial charge in [-0.25, -0.2) is 8.42 Å². The Morgan fingerprint density at radius 3 is 2.00 bits per heavy atom. The van der Waals surface area contributed by atoms with Crippen molar-refractivity contribution in [1.29, 1.82) is 0 Å². The number of benzene rings is 1. The van der Waals surface area contributed by atoms with E-state index in [0.717, 1.165) is 4.31 Å². The minimum Gasteiger partial charge on any atom is -0.497 e. The van der Waals surface area contributed by atoms with Crippen LogP contribution in [-0.2, 0) is 19.6 Å². The first-order valence-electron chi connectivity index (χ1n) is 7.75. The Balaban J connectivity index is 3.16. The van der Waals surface area contributed by atoms with E-state index in [1.807, 2.05) is 0 Å². The zero-order valence-electron chi connectivity index (χ0n) is 15.4. The summed E-state index contributed by atoms with van der Waals surface area (Å²) in [6.45, 7) is 8.82. The fourth-order valence-corrected chi connectivity index (χ4v) is 3.71. The van der Waals surface area contributed by atoms with Gasteiger partial charge in [0, 0.05) is 7.05 Å². The van der Waals surface area contributed by atoms with Crippen LogP contribution in [0.15, 0.2) is 29.2 Å². The van der Waals surface area contributed by atoms with Gasteiger partial charge < -0.3 is 9.47 Å². The van der Waals surface area contributed by atoms with Gasteiger partial charge in [-0.2, -0.15) is 4.31 Å². The molecule has 1 atom stereocenters. The highest BCUT2D eigenvalue weighted by atomic mass is 32.2. The maximum atomic E-state index is 12.8. The summed E-state index contributed by atoms with van der Waals surface area (Å²) < 4.78 is 37.2. The first-order chi connectivity index (χ1) is 10.9. The monoisotopic (exact) mass is 357 g/mol. The predicted octanol–water partition coefficient (Wildman–Crippen LogP) is 2.68. The van der Waals surface area contributed by atoms with E-state index in [0.29, 0.717) is 5.75 Å². The SMILES string of the molecule is COc1ccc(S(=O)(=O)N(C)C(C(=O)OC(C)(C)C)C(C)C)cc1. The Morgan fingerprint density at radius 2 is 1.62 bits per heavy atom. The number of carbonyl (C=O) groups is 1. The molecule has 1 aromatic carbocycles. The third kappa shape index (κ3) is 4.95. The third-order valence-electron chi connectivity index (χ3n) is 3.41. The van der Waals surface area contributed by atoms with Crippen LogP contribution in [0, 0.1) is 5.92 Å². The lowest BCUT2D eigenvalue weighted by molar-refractivity contribution is -0.160. The summed E-state index contributed by atoms with van der Waals surface area (Å²) in [5.74, 6) is -0.237. The first kappa shape index (κ1) is 20.4. The molecule has 1 rings (SSSR count). The van der Waals surface area contributed by atoms with Crippen LogP contribution in [0.4, 0.5) is 0 Å². The van der Waals surface area contributed by atoms with E-state index in [9.17, 15) is 13.2 Å². The second-order valence-corrected chi connectivity index (χ2v) is 8.92. The fourth-order valence-electron chi connectivity index (χ4n) is 2.27. The van der Waals surface area contributed by atoms with Gasteiger partial charge in [0.15, 0.2) is 0 Å². The van der Waals surface area contributed by atoms with Gasteiger partial charge in [0.1, 0.15) is 17.4 Å². The Hall–Kier alpha value is -1.60. The lowest BCUT2D eigenvalue weighted by Crippen LogP contribution is -2.48. The standard InChI is InChI=1S/C17H27NO5S/c1-12(2)15(16(19)23-17(3,4)5)18(6)24(20,21)14-10-8-13(22-7)9-11-14/h8-12,15H,1-7H3. The molecular weight excluding hydrogens is 330 g/mol. The summed E-state index contributed by atoms with van der Waals surface area (Å²) in [5, 5.41) is 0. The zero-order chi connectivity index (χ0) is 18.7. The molecule has 0 aliphatic carbocycles. The minimum atomic E-state index is -3.83. The Kier molecular flexibility index (Phi) is 6.41. The van der Waals surface area contributed by atoms with Crippen molar-refractivity contribution in [2.45, 2.75) is 51.2 Å². The molecule has 0 saturated heterocycles. The van der Waals surface area contributed by atoms with Gasteiger partial charge in [0.2, 0.25) is 10.0 Å². The van der Waals surface area contributed by atoms with Gasteiger partial charge >= 0.3 is 5.97 Å². The number of nitrogens with zero attached hydrogens (tertiary/aromatic N) is 1. The highest BCUT2D eigenvalue weighted by molar-refractivity contribution is 7.89.